The van der Waals surface area contributed by atoms with Crippen LogP contribution >= 0.6 is 0 Å². The van der Waals surface area contributed by atoms with E-state index in [0.717, 1.165) is 0 Å². The van der Waals surface area contributed by atoms with Crippen molar-refractivity contribution >= 4 is 31.5 Å². The zero-order valence-electron chi connectivity index (χ0n) is 15.2. The van der Waals surface area contributed by atoms with E-state index in [-0.39, 0.29) is 5.91 Å². The van der Waals surface area contributed by atoms with Crippen LogP contribution in [0.2, 0.25) is 13.1 Å². The topological polar surface area (TPSA) is 87.7 Å². The number of hydrogen-bond donors (Lipinski definition) is 3. The van der Waals surface area contributed by atoms with Crippen LogP contribution in [0, 0.1) is 0 Å². The molecule has 0 spiro atoms. The molecular weight excluding hydrogens is 348 g/mol. The molecule has 0 aliphatic carbocycles. The summed E-state index contributed by atoms with van der Waals surface area (Å²) in [5.74, 6) is -0.358. The standard InChI is InChI=1S/C19H24N2O4Si/c1-25-15-8-4-13(5-9-15)18(21-17(23)12-22)19(24)20-14-6-10-16(11-7-14)26(2)3/h4-11,18,22,26H,12H2,1-3H3,(H,20,24)(H,21,23). The first-order valence-corrected chi connectivity index (χ1v) is 11.3. The first-order valence-electron chi connectivity index (χ1n) is 8.39. The number of ether oxygens (including phenoxy) is 1. The maximum Gasteiger partial charge on any atom is 0.251 e. The molecule has 0 heterocycles. The van der Waals surface area contributed by atoms with Gasteiger partial charge in [0.2, 0.25) is 5.91 Å². The highest BCUT2D eigenvalue weighted by Crippen LogP contribution is 2.19. The number of aliphatic hydroxyl groups is 1. The Balaban J connectivity index is 2.19. The van der Waals surface area contributed by atoms with Crippen molar-refractivity contribution < 1.29 is 19.4 Å². The first-order chi connectivity index (χ1) is 12.4. The second kappa shape index (κ2) is 9.16. The molecule has 2 rings (SSSR count). The van der Waals surface area contributed by atoms with Gasteiger partial charge in [0.15, 0.2) is 0 Å². The number of hydrogen-bond acceptors (Lipinski definition) is 4. The monoisotopic (exact) mass is 372 g/mol. The molecule has 0 bridgehead atoms. The molecule has 1 atom stereocenters. The number of amides is 2. The summed E-state index contributed by atoms with van der Waals surface area (Å²) in [5, 5.41) is 15.7. The highest BCUT2D eigenvalue weighted by molar-refractivity contribution is 6.70. The van der Waals surface area contributed by atoms with Crippen LogP contribution in [0.15, 0.2) is 48.5 Å². The predicted octanol–water partition coefficient (Wildman–Crippen LogP) is 1.18. The van der Waals surface area contributed by atoms with Crippen LogP contribution < -0.4 is 20.6 Å². The lowest BCUT2D eigenvalue weighted by atomic mass is 10.1. The predicted molar refractivity (Wildman–Crippen MR) is 105 cm³/mol. The Bertz CT molecular complexity index is 745. The van der Waals surface area contributed by atoms with Crippen molar-refractivity contribution in [2.24, 2.45) is 0 Å². The van der Waals surface area contributed by atoms with Gasteiger partial charge in [0.05, 0.1) is 15.9 Å². The van der Waals surface area contributed by atoms with Gasteiger partial charge >= 0.3 is 0 Å². The normalized spacial score (nSPS) is 11.7. The van der Waals surface area contributed by atoms with Gasteiger partial charge in [-0.25, -0.2) is 0 Å². The van der Waals surface area contributed by atoms with Crippen LogP contribution in [0.1, 0.15) is 11.6 Å². The first kappa shape index (κ1) is 19.7. The van der Waals surface area contributed by atoms with Gasteiger partial charge in [0.1, 0.15) is 18.4 Å². The van der Waals surface area contributed by atoms with Crippen LogP contribution in [-0.2, 0) is 9.59 Å². The Kier molecular flexibility index (Phi) is 6.94. The third-order valence-electron chi connectivity index (χ3n) is 4.01. The van der Waals surface area contributed by atoms with E-state index < -0.39 is 27.4 Å². The molecule has 1 unspecified atom stereocenters. The summed E-state index contributed by atoms with van der Waals surface area (Å²) in [7, 11) is 0.657. The van der Waals surface area contributed by atoms with Crippen LogP contribution in [-0.4, -0.2) is 39.4 Å². The number of carbonyl (C=O) groups excluding carboxylic acids is 2. The van der Waals surface area contributed by atoms with Crippen LogP contribution in [0.4, 0.5) is 5.69 Å². The molecule has 0 radical (unpaired) electrons. The fraction of sp³-hybridized carbons (Fsp3) is 0.263. The van der Waals surface area contributed by atoms with E-state index in [4.69, 9.17) is 9.84 Å². The molecular formula is C19H24N2O4Si. The number of benzene rings is 2. The van der Waals surface area contributed by atoms with Crippen molar-refractivity contribution in [2.45, 2.75) is 19.1 Å². The number of carbonyl (C=O) groups is 2. The molecule has 0 saturated carbocycles. The van der Waals surface area contributed by atoms with E-state index in [1.807, 2.05) is 24.3 Å². The fourth-order valence-corrected chi connectivity index (χ4v) is 3.43. The van der Waals surface area contributed by atoms with Gasteiger partial charge < -0.3 is 20.5 Å². The SMILES string of the molecule is COc1ccc(C(NC(=O)CO)C(=O)Nc2ccc([SiH](C)C)cc2)cc1. The number of anilines is 1. The van der Waals surface area contributed by atoms with Gasteiger partial charge in [0.25, 0.3) is 5.91 Å². The molecule has 0 aliphatic rings. The highest BCUT2D eigenvalue weighted by Gasteiger charge is 2.23. The Morgan fingerprint density at radius 2 is 1.69 bits per heavy atom. The highest BCUT2D eigenvalue weighted by atomic mass is 28.3. The van der Waals surface area contributed by atoms with Gasteiger partial charge in [-0.3, -0.25) is 9.59 Å². The van der Waals surface area contributed by atoms with Crippen LogP contribution in [0.25, 0.3) is 0 Å². The molecule has 2 amide bonds. The fourth-order valence-electron chi connectivity index (χ4n) is 2.47. The Hall–Kier alpha value is -2.64. The third-order valence-corrected chi connectivity index (χ3v) is 5.72. The summed E-state index contributed by atoms with van der Waals surface area (Å²) in [6, 6.07) is 13.7. The lowest BCUT2D eigenvalue weighted by Crippen LogP contribution is -2.38. The summed E-state index contributed by atoms with van der Waals surface area (Å²) in [5.41, 5.74) is 1.25. The number of rotatable bonds is 7. The van der Waals surface area contributed by atoms with Crippen molar-refractivity contribution in [3.8, 4) is 5.75 Å². The number of aliphatic hydroxyl groups excluding tert-OH is 1. The smallest absolute Gasteiger partial charge is 0.251 e. The molecule has 26 heavy (non-hydrogen) atoms. The quantitative estimate of drug-likeness (QED) is 0.637. The van der Waals surface area contributed by atoms with E-state index in [1.165, 1.54) is 5.19 Å². The number of nitrogens with one attached hydrogen (secondary N) is 2. The molecule has 6 nitrogen and oxygen atoms in total. The van der Waals surface area contributed by atoms with Gasteiger partial charge in [-0.2, -0.15) is 0 Å². The second-order valence-electron chi connectivity index (χ2n) is 6.20. The Morgan fingerprint density at radius 3 is 2.19 bits per heavy atom. The summed E-state index contributed by atoms with van der Waals surface area (Å²) >= 11 is 0. The minimum atomic E-state index is -0.917. The van der Waals surface area contributed by atoms with Crippen molar-refractivity contribution in [2.75, 3.05) is 19.0 Å². The number of methoxy groups -OCH3 is 1. The second-order valence-corrected chi connectivity index (χ2v) is 9.17. The Labute approximate surface area is 154 Å². The lowest BCUT2D eigenvalue weighted by molar-refractivity contribution is -0.128. The molecule has 138 valence electrons. The summed E-state index contributed by atoms with van der Waals surface area (Å²) in [6.45, 7) is 3.78. The zero-order chi connectivity index (χ0) is 19.1. The van der Waals surface area contributed by atoms with Crippen LogP contribution in [0.5, 0.6) is 5.75 Å². The summed E-state index contributed by atoms with van der Waals surface area (Å²) in [4.78, 5) is 24.3. The van der Waals surface area contributed by atoms with Crippen molar-refractivity contribution in [3.05, 3.63) is 54.1 Å². The lowest BCUT2D eigenvalue weighted by Gasteiger charge is -2.19. The largest absolute Gasteiger partial charge is 0.497 e. The van der Waals surface area contributed by atoms with E-state index in [0.29, 0.717) is 17.0 Å². The molecule has 2 aromatic carbocycles. The molecule has 0 aromatic heterocycles. The summed E-state index contributed by atoms with van der Waals surface area (Å²) < 4.78 is 5.11. The van der Waals surface area contributed by atoms with E-state index in [9.17, 15) is 9.59 Å². The Morgan fingerprint density at radius 1 is 1.08 bits per heavy atom. The molecule has 2 aromatic rings. The molecule has 3 N–H and O–H groups in total. The zero-order valence-corrected chi connectivity index (χ0v) is 16.3. The molecule has 0 aliphatic heterocycles. The van der Waals surface area contributed by atoms with Gasteiger partial charge in [0, 0.05) is 5.69 Å². The average molecular weight is 372 g/mol. The van der Waals surface area contributed by atoms with Crippen molar-refractivity contribution in [1.29, 1.82) is 0 Å². The van der Waals surface area contributed by atoms with Gasteiger partial charge in [-0.1, -0.05) is 42.5 Å². The van der Waals surface area contributed by atoms with Crippen LogP contribution in [0.3, 0.4) is 0 Å². The molecule has 0 fully saturated rings. The third kappa shape index (κ3) is 5.17. The van der Waals surface area contributed by atoms with E-state index in [1.54, 1.807) is 31.4 Å². The minimum absolute atomic E-state index is 0.383. The maximum atomic E-state index is 12.7. The van der Waals surface area contributed by atoms with Crippen molar-refractivity contribution in [1.82, 2.24) is 5.32 Å². The van der Waals surface area contributed by atoms with E-state index >= 15 is 0 Å². The average Bonchev–Trinajstić information content (AvgIpc) is 2.66. The van der Waals surface area contributed by atoms with E-state index in [2.05, 4.69) is 23.7 Å². The maximum absolute atomic E-state index is 12.7. The molecule has 7 heteroatoms. The summed E-state index contributed by atoms with van der Waals surface area (Å²) in [6.07, 6.45) is 0. The van der Waals surface area contributed by atoms with Crippen molar-refractivity contribution in [3.63, 3.8) is 0 Å². The molecule has 0 saturated heterocycles. The van der Waals surface area contributed by atoms with Gasteiger partial charge in [-0.05, 0) is 29.8 Å². The van der Waals surface area contributed by atoms with Gasteiger partial charge in [-0.15, -0.1) is 0 Å². The minimum Gasteiger partial charge on any atom is -0.497 e.